The lowest BCUT2D eigenvalue weighted by molar-refractivity contribution is 0.381. The molecule has 0 amide bonds. The molecular weight excluding hydrogens is 262 g/mol. The molecule has 100 valence electrons. The molecule has 1 aromatic carbocycles. The van der Waals surface area contributed by atoms with Gasteiger partial charge in [0.05, 0.1) is 0 Å². The van der Waals surface area contributed by atoms with Crippen LogP contribution < -0.4 is 16.4 Å². The lowest BCUT2D eigenvalue weighted by Crippen LogP contribution is -2.39. The van der Waals surface area contributed by atoms with Crippen molar-refractivity contribution in [1.29, 1.82) is 10.8 Å². The Hall–Kier alpha value is -2.17. The summed E-state index contributed by atoms with van der Waals surface area (Å²) in [6.07, 6.45) is 0. The number of nitrogens with two attached hydrogens (primary N) is 1. The molecule has 0 unspecified atom stereocenters. The van der Waals surface area contributed by atoms with E-state index >= 15 is 0 Å². The van der Waals surface area contributed by atoms with Gasteiger partial charge >= 0.3 is 10.4 Å². The zero-order valence-electron chi connectivity index (χ0n) is 9.08. The molecule has 0 saturated carbocycles. The van der Waals surface area contributed by atoms with Gasteiger partial charge in [0.1, 0.15) is 0 Å². The van der Waals surface area contributed by atoms with Crippen molar-refractivity contribution in [3.63, 3.8) is 0 Å². The summed E-state index contributed by atoms with van der Waals surface area (Å²) in [5, 5.41) is 19.2. The molecule has 0 aliphatic rings. The van der Waals surface area contributed by atoms with Gasteiger partial charge in [0, 0.05) is 5.69 Å². The van der Waals surface area contributed by atoms with E-state index in [1.54, 1.807) is 0 Å². The summed E-state index contributed by atoms with van der Waals surface area (Å²) in [7, 11) is -4.67. The van der Waals surface area contributed by atoms with E-state index in [4.69, 9.17) is 34.1 Å². The van der Waals surface area contributed by atoms with E-state index in [2.05, 4.69) is 10.6 Å². The summed E-state index contributed by atoms with van der Waals surface area (Å²) in [5.41, 5.74) is 5.82. The van der Waals surface area contributed by atoms with Crippen molar-refractivity contribution in [3.8, 4) is 0 Å². The molecule has 0 aromatic heterocycles. The van der Waals surface area contributed by atoms with Gasteiger partial charge in [-0.15, -0.1) is 0 Å². The molecule has 0 spiro atoms. The van der Waals surface area contributed by atoms with E-state index in [0.717, 1.165) is 5.69 Å². The average Bonchev–Trinajstić information content (AvgIpc) is 2.14. The van der Waals surface area contributed by atoms with Crippen molar-refractivity contribution in [2.45, 2.75) is 0 Å². The SMILES string of the molecule is N=C(N)NC(=N)Nc1ccccc1.O=S(=O)(O)O. The predicted molar refractivity (Wildman–Crippen MR) is 67.0 cm³/mol. The van der Waals surface area contributed by atoms with E-state index in [9.17, 15) is 0 Å². The van der Waals surface area contributed by atoms with Gasteiger partial charge in [-0.3, -0.25) is 25.2 Å². The van der Waals surface area contributed by atoms with Crippen molar-refractivity contribution in [1.82, 2.24) is 5.32 Å². The number of nitrogens with one attached hydrogen (secondary N) is 4. The summed E-state index contributed by atoms with van der Waals surface area (Å²) in [5.74, 6) is -0.271. The van der Waals surface area contributed by atoms with Crippen LogP contribution in [-0.2, 0) is 10.4 Å². The molecule has 0 saturated heterocycles. The quantitative estimate of drug-likeness (QED) is 0.212. The number of guanidine groups is 2. The van der Waals surface area contributed by atoms with Crippen molar-refractivity contribution >= 4 is 28.0 Å². The second-order valence-electron chi connectivity index (χ2n) is 2.85. The first kappa shape index (κ1) is 15.8. The molecule has 0 aliphatic heterocycles. The highest BCUT2D eigenvalue weighted by atomic mass is 32.3. The highest BCUT2D eigenvalue weighted by Gasteiger charge is 1.96. The molecule has 0 heterocycles. The Morgan fingerprint density at radius 2 is 1.61 bits per heavy atom. The Balaban J connectivity index is 0.000000494. The van der Waals surface area contributed by atoms with Crippen LogP contribution >= 0.6 is 0 Å². The first-order valence-electron chi connectivity index (χ1n) is 4.40. The van der Waals surface area contributed by atoms with Crippen LogP contribution in [0.15, 0.2) is 30.3 Å². The van der Waals surface area contributed by atoms with Crippen molar-refractivity contribution in [2.24, 2.45) is 5.73 Å². The highest BCUT2D eigenvalue weighted by Crippen LogP contribution is 2.03. The molecule has 9 nitrogen and oxygen atoms in total. The molecule has 1 rings (SSSR count). The molecule has 0 fully saturated rings. The maximum Gasteiger partial charge on any atom is 0.394 e. The minimum Gasteiger partial charge on any atom is -0.370 e. The maximum absolute atomic E-state index is 8.74. The fraction of sp³-hybridized carbons (Fsp3) is 0. The molecule has 1 aromatic rings. The summed E-state index contributed by atoms with van der Waals surface area (Å²) >= 11 is 0. The fourth-order valence-corrected chi connectivity index (χ4v) is 0.832. The largest absolute Gasteiger partial charge is 0.394 e. The number of benzene rings is 1. The van der Waals surface area contributed by atoms with Crippen molar-refractivity contribution in [2.75, 3.05) is 5.32 Å². The average molecular weight is 275 g/mol. The minimum absolute atomic E-state index is 0.0151. The van der Waals surface area contributed by atoms with Gasteiger partial charge in [-0.25, -0.2) is 0 Å². The third-order valence-electron chi connectivity index (χ3n) is 1.30. The van der Waals surface area contributed by atoms with Gasteiger partial charge < -0.3 is 11.1 Å². The van der Waals surface area contributed by atoms with E-state index < -0.39 is 10.4 Å². The zero-order chi connectivity index (χ0) is 14.2. The number of rotatable bonds is 1. The van der Waals surface area contributed by atoms with E-state index in [1.165, 1.54) is 0 Å². The molecule has 10 heteroatoms. The zero-order valence-corrected chi connectivity index (χ0v) is 9.90. The number of anilines is 1. The van der Waals surface area contributed by atoms with Crippen LogP contribution in [-0.4, -0.2) is 29.4 Å². The second-order valence-corrected chi connectivity index (χ2v) is 3.75. The second kappa shape index (κ2) is 7.21. The third kappa shape index (κ3) is 11.9. The van der Waals surface area contributed by atoms with Gasteiger partial charge in [-0.1, -0.05) is 18.2 Å². The monoisotopic (exact) mass is 275 g/mol. The minimum atomic E-state index is -4.67. The highest BCUT2D eigenvalue weighted by molar-refractivity contribution is 7.79. The summed E-state index contributed by atoms with van der Waals surface area (Å²) in [6.45, 7) is 0. The first-order valence-corrected chi connectivity index (χ1v) is 5.79. The number of hydrogen-bond acceptors (Lipinski definition) is 4. The van der Waals surface area contributed by atoms with Gasteiger partial charge in [-0.05, 0) is 12.1 Å². The van der Waals surface area contributed by atoms with E-state index in [0.29, 0.717) is 0 Å². The first-order chi connectivity index (χ1) is 8.18. The molecule has 0 radical (unpaired) electrons. The summed E-state index contributed by atoms with van der Waals surface area (Å²) in [4.78, 5) is 0. The predicted octanol–water partition coefficient (Wildman–Crippen LogP) is -0.136. The van der Waals surface area contributed by atoms with Crippen LogP contribution in [0.5, 0.6) is 0 Å². The molecule has 0 bridgehead atoms. The fourth-order valence-electron chi connectivity index (χ4n) is 0.832. The molecule has 8 N–H and O–H groups in total. The maximum atomic E-state index is 8.74. The van der Waals surface area contributed by atoms with Gasteiger partial charge in [-0.2, -0.15) is 8.42 Å². The Bertz CT molecular complexity index is 493. The molecule has 0 atom stereocenters. The van der Waals surface area contributed by atoms with Gasteiger partial charge in [0.15, 0.2) is 11.9 Å². The van der Waals surface area contributed by atoms with Crippen LogP contribution in [0, 0.1) is 10.8 Å². The van der Waals surface area contributed by atoms with E-state index in [-0.39, 0.29) is 11.9 Å². The summed E-state index contributed by atoms with van der Waals surface area (Å²) < 4.78 is 31.6. The Kier molecular flexibility index (Phi) is 6.34. The normalized spacial score (nSPS) is 9.67. The van der Waals surface area contributed by atoms with Gasteiger partial charge in [0.2, 0.25) is 0 Å². The van der Waals surface area contributed by atoms with Crippen LogP contribution in [0.1, 0.15) is 0 Å². The van der Waals surface area contributed by atoms with Crippen molar-refractivity contribution in [3.05, 3.63) is 30.3 Å². The van der Waals surface area contributed by atoms with Crippen LogP contribution in [0.4, 0.5) is 5.69 Å². The Morgan fingerprint density at radius 3 is 2.00 bits per heavy atom. The standard InChI is InChI=1S/C8H11N5.H2O4S/c9-7(10)13-8(11)12-6-4-2-1-3-5-6;1-5(2,3)4/h1-5H,(H6,9,10,11,12,13);(H2,1,2,3,4). The lowest BCUT2D eigenvalue weighted by Gasteiger charge is -2.07. The topological polar surface area (TPSA) is 172 Å². The molecule has 0 aliphatic carbocycles. The number of para-hydroxylation sites is 1. The van der Waals surface area contributed by atoms with Crippen LogP contribution in [0.3, 0.4) is 0 Å². The lowest BCUT2D eigenvalue weighted by atomic mass is 10.3. The van der Waals surface area contributed by atoms with Crippen LogP contribution in [0.25, 0.3) is 0 Å². The van der Waals surface area contributed by atoms with Crippen molar-refractivity contribution < 1.29 is 17.5 Å². The van der Waals surface area contributed by atoms with E-state index in [1.807, 2.05) is 30.3 Å². The summed E-state index contributed by atoms with van der Waals surface area (Å²) in [6, 6.07) is 9.21. The third-order valence-corrected chi connectivity index (χ3v) is 1.30. The Labute approximate surface area is 104 Å². The molecular formula is C8H13N5O4S. The molecule has 18 heavy (non-hydrogen) atoms. The van der Waals surface area contributed by atoms with Gasteiger partial charge in [0.25, 0.3) is 0 Å². The number of hydrogen-bond donors (Lipinski definition) is 7. The van der Waals surface area contributed by atoms with Crippen LogP contribution in [0.2, 0.25) is 0 Å². The Morgan fingerprint density at radius 1 is 1.17 bits per heavy atom. The smallest absolute Gasteiger partial charge is 0.370 e.